The Labute approximate surface area is 216 Å². The molecular formula is C32H56O3. The largest absolute Gasteiger partial charge is 0.483 e. The molecule has 0 saturated heterocycles. The molecule has 5 rings (SSSR count). The molecule has 0 aromatic carbocycles. The number of fused-ring (bicyclic) bond motifs is 7. The van der Waals surface area contributed by atoms with Crippen LogP contribution in [0.1, 0.15) is 120 Å². The molecule has 3 nitrogen and oxygen atoms in total. The van der Waals surface area contributed by atoms with Gasteiger partial charge in [0.15, 0.2) is 0 Å². The smallest absolute Gasteiger partial charge is 0.290 e. The number of allylic oxidation sites excluding steroid dienone is 1. The Hall–Kier alpha value is -0.830. The lowest BCUT2D eigenvalue weighted by molar-refractivity contribution is -0.215. The fourth-order valence-corrected chi connectivity index (χ4v) is 11.2. The van der Waals surface area contributed by atoms with Gasteiger partial charge in [-0.2, -0.15) is 0 Å². The SMILES string of the molecule is C=C(C)C1CCC2(C)CCC3C(CCC4C3(C)CCC3C(C)(C)C(O)CCC34C)C12.CC.O=CO. The first-order valence-electron chi connectivity index (χ1n) is 14.8. The first kappa shape index (κ1) is 28.7. The highest BCUT2D eigenvalue weighted by atomic mass is 16.3. The number of aliphatic hydroxyl groups is 1. The van der Waals surface area contributed by atoms with Gasteiger partial charge in [0.1, 0.15) is 0 Å². The van der Waals surface area contributed by atoms with Crippen molar-refractivity contribution in [1.82, 2.24) is 0 Å². The van der Waals surface area contributed by atoms with Crippen LogP contribution in [0, 0.1) is 57.2 Å². The molecule has 0 aliphatic heterocycles. The molecule has 5 aliphatic carbocycles. The zero-order chi connectivity index (χ0) is 26.4. The topological polar surface area (TPSA) is 57.5 Å². The minimum Gasteiger partial charge on any atom is -0.483 e. The lowest BCUT2D eigenvalue weighted by Gasteiger charge is -2.69. The second-order valence-corrected chi connectivity index (χ2v) is 14.2. The molecule has 202 valence electrons. The van der Waals surface area contributed by atoms with E-state index in [9.17, 15) is 5.11 Å². The summed E-state index contributed by atoms with van der Waals surface area (Å²) in [4.78, 5) is 8.36. The zero-order valence-electron chi connectivity index (χ0n) is 24.2. The van der Waals surface area contributed by atoms with E-state index in [4.69, 9.17) is 9.90 Å². The lowest BCUT2D eigenvalue weighted by atomic mass is 9.36. The van der Waals surface area contributed by atoms with Crippen LogP contribution in [0.25, 0.3) is 0 Å². The molecule has 0 radical (unpaired) electrons. The van der Waals surface area contributed by atoms with Crippen molar-refractivity contribution < 1.29 is 15.0 Å². The number of carboxylic acid groups (broad SMARTS) is 1. The third-order valence-corrected chi connectivity index (χ3v) is 12.6. The predicted octanol–water partition coefficient (Wildman–Crippen LogP) is 8.36. The Morgan fingerprint density at radius 1 is 0.829 bits per heavy atom. The maximum atomic E-state index is 10.8. The van der Waals surface area contributed by atoms with Crippen LogP contribution < -0.4 is 0 Å². The Morgan fingerprint density at radius 2 is 1.40 bits per heavy atom. The molecule has 2 N–H and O–H groups in total. The summed E-state index contributed by atoms with van der Waals surface area (Å²) in [6.07, 6.45) is 13.5. The van der Waals surface area contributed by atoms with E-state index in [0.29, 0.717) is 22.2 Å². The Morgan fingerprint density at radius 3 is 2.00 bits per heavy atom. The molecule has 3 heteroatoms. The Bertz CT molecular complexity index is 773. The lowest BCUT2D eigenvalue weighted by Crippen LogP contribution is -2.63. The number of rotatable bonds is 1. The summed E-state index contributed by atoms with van der Waals surface area (Å²) in [5, 5.41) is 17.7. The monoisotopic (exact) mass is 488 g/mol. The summed E-state index contributed by atoms with van der Waals surface area (Å²) in [7, 11) is 0. The van der Waals surface area contributed by atoms with Gasteiger partial charge in [0.2, 0.25) is 0 Å². The molecular weight excluding hydrogens is 432 g/mol. The number of aliphatic hydroxyl groups excluding tert-OH is 1. The first-order chi connectivity index (χ1) is 16.4. The molecule has 5 aliphatic rings. The molecule has 0 bridgehead atoms. The maximum absolute atomic E-state index is 10.8. The van der Waals surface area contributed by atoms with Crippen LogP contribution in [0.5, 0.6) is 0 Å². The van der Waals surface area contributed by atoms with Gasteiger partial charge in [0, 0.05) is 0 Å². The predicted molar refractivity (Wildman–Crippen MR) is 146 cm³/mol. The van der Waals surface area contributed by atoms with Crippen LogP contribution in [0.4, 0.5) is 0 Å². The quantitative estimate of drug-likeness (QED) is 0.288. The van der Waals surface area contributed by atoms with Gasteiger partial charge in [-0.1, -0.05) is 60.6 Å². The summed E-state index contributed by atoms with van der Waals surface area (Å²) < 4.78 is 0. The minimum atomic E-state index is -0.250. The summed E-state index contributed by atoms with van der Waals surface area (Å²) in [6, 6.07) is 0. The highest BCUT2D eigenvalue weighted by Gasteiger charge is 2.66. The highest BCUT2D eigenvalue weighted by Crippen LogP contribution is 2.73. The summed E-state index contributed by atoms with van der Waals surface area (Å²) in [5.41, 5.74) is 3.05. The van der Waals surface area contributed by atoms with E-state index in [1.165, 1.54) is 63.4 Å². The van der Waals surface area contributed by atoms with Gasteiger partial charge in [-0.3, -0.25) is 4.79 Å². The van der Waals surface area contributed by atoms with Crippen LogP contribution in [-0.4, -0.2) is 22.8 Å². The van der Waals surface area contributed by atoms with E-state index in [0.717, 1.165) is 36.0 Å². The van der Waals surface area contributed by atoms with Gasteiger partial charge in [0.25, 0.3) is 6.47 Å². The fourth-order valence-electron chi connectivity index (χ4n) is 11.2. The molecule has 10 unspecified atom stereocenters. The molecule has 0 spiro atoms. The van der Waals surface area contributed by atoms with E-state index in [1.807, 2.05) is 13.8 Å². The average molecular weight is 489 g/mol. The summed E-state index contributed by atoms with van der Waals surface area (Å²) in [5.74, 6) is 5.05. The number of hydrogen-bond acceptors (Lipinski definition) is 2. The van der Waals surface area contributed by atoms with Crippen LogP contribution in [0.3, 0.4) is 0 Å². The van der Waals surface area contributed by atoms with Gasteiger partial charge in [-0.25, -0.2) is 0 Å². The zero-order valence-corrected chi connectivity index (χ0v) is 24.2. The number of carbonyl (C=O) groups is 1. The first-order valence-corrected chi connectivity index (χ1v) is 14.8. The minimum absolute atomic E-state index is 0.0762. The van der Waals surface area contributed by atoms with Crippen molar-refractivity contribution in [2.75, 3.05) is 0 Å². The maximum Gasteiger partial charge on any atom is 0.290 e. The Kier molecular flexibility index (Phi) is 8.33. The van der Waals surface area contributed by atoms with E-state index in [1.54, 1.807) is 0 Å². The van der Waals surface area contributed by atoms with Crippen LogP contribution >= 0.6 is 0 Å². The van der Waals surface area contributed by atoms with Crippen LogP contribution in [0.2, 0.25) is 0 Å². The molecule has 10 atom stereocenters. The van der Waals surface area contributed by atoms with E-state index in [-0.39, 0.29) is 18.0 Å². The normalized spacial score (nSPS) is 49.3. The van der Waals surface area contributed by atoms with Gasteiger partial charge in [-0.15, -0.1) is 0 Å². The second-order valence-electron chi connectivity index (χ2n) is 14.2. The molecule has 0 heterocycles. The van der Waals surface area contributed by atoms with Crippen molar-refractivity contribution in [1.29, 1.82) is 0 Å². The van der Waals surface area contributed by atoms with E-state index in [2.05, 4.69) is 48.1 Å². The van der Waals surface area contributed by atoms with Crippen molar-refractivity contribution >= 4 is 6.47 Å². The van der Waals surface area contributed by atoms with Crippen molar-refractivity contribution in [2.24, 2.45) is 57.2 Å². The third-order valence-electron chi connectivity index (χ3n) is 12.6. The van der Waals surface area contributed by atoms with Crippen molar-refractivity contribution in [3.63, 3.8) is 0 Å². The van der Waals surface area contributed by atoms with Crippen molar-refractivity contribution in [3.05, 3.63) is 12.2 Å². The van der Waals surface area contributed by atoms with Crippen molar-refractivity contribution in [2.45, 2.75) is 126 Å². The van der Waals surface area contributed by atoms with Gasteiger partial charge in [-0.05, 0) is 128 Å². The molecule has 0 amide bonds. The van der Waals surface area contributed by atoms with Crippen LogP contribution in [-0.2, 0) is 4.79 Å². The molecule has 0 aromatic rings. The summed E-state index contributed by atoms with van der Waals surface area (Å²) >= 11 is 0. The van der Waals surface area contributed by atoms with Gasteiger partial charge < -0.3 is 10.2 Å². The van der Waals surface area contributed by atoms with Crippen LogP contribution in [0.15, 0.2) is 12.2 Å². The molecule has 0 aromatic heterocycles. The molecule has 5 fully saturated rings. The fraction of sp³-hybridized carbons (Fsp3) is 0.906. The van der Waals surface area contributed by atoms with Crippen molar-refractivity contribution in [3.8, 4) is 0 Å². The van der Waals surface area contributed by atoms with Gasteiger partial charge in [0.05, 0.1) is 6.10 Å². The standard InChI is InChI=1S/C29H48O.C2H6.CH2O2/c1-18(2)19-10-14-27(5)15-11-21-20(25(19)27)8-9-23-28(21,6)16-12-22-26(3,4)24(30)13-17-29(22,23)7;1-2;2-1-3/h19-25,30H,1,8-17H2,2-7H3;1-2H3;1H,(H,2,3). The highest BCUT2D eigenvalue weighted by molar-refractivity contribution is 5.32. The number of hydrogen-bond donors (Lipinski definition) is 2. The van der Waals surface area contributed by atoms with Gasteiger partial charge >= 0.3 is 0 Å². The summed E-state index contributed by atoms with van der Waals surface area (Å²) in [6.45, 7) is 23.3. The third kappa shape index (κ3) is 4.34. The molecule has 5 saturated carbocycles. The molecule has 35 heavy (non-hydrogen) atoms. The second kappa shape index (κ2) is 10.1. The van der Waals surface area contributed by atoms with E-state index < -0.39 is 0 Å². The van der Waals surface area contributed by atoms with E-state index >= 15 is 0 Å². The Balaban J connectivity index is 0.000000638. The average Bonchev–Trinajstić information content (AvgIpc) is 3.16.